The molecule has 1 saturated carbocycles. The summed E-state index contributed by atoms with van der Waals surface area (Å²) in [6.07, 6.45) is 5.26. The standard InChI is InChI=1S/C12H22FNO/c1-10(13)3-7-14-8-4-11(15)9-12(14)5-2-6-12/h10-11,15H,2-9H2,1H3/t10-,11+/m0/s1. The van der Waals surface area contributed by atoms with Gasteiger partial charge in [-0.25, -0.2) is 4.39 Å². The van der Waals surface area contributed by atoms with Crippen LogP contribution in [0.3, 0.4) is 0 Å². The number of alkyl halides is 1. The number of hydrogen-bond acceptors (Lipinski definition) is 2. The van der Waals surface area contributed by atoms with Gasteiger partial charge < -0.3 is 5.11 Å². The van der Waals surface area contributed by atoms with Gasteiger partial charge in [0.2, 0.25) is 0 Å². The lowest BCUT2D eigenvalue weighted by Gasteiger charge is -2.54. The molecule has 3 heteroatoms. The maximum Gasteiger partial charge on any atom is 0.0985 e. The highest BCUT2D eigenvalue weighted by atomic mass is 19.1. The monoisotopic (exact) mass is 215 g/mol. The van der Waals surface area contributed by atoms with Crippen LogP contribution in [-0.2, 0) is 0 Å². The Kier molecular flexibility index (Phi) is 3.31. The lowest BCUT2D eigenvalue weighted by Crippen LogP contribution is -2.59. The minimum atomic E-state index is -0.700. The zero-order chi connectivity index (χ0) is 10.9. The molecule has 15 heavy (non-hydrogen) atoms. The number of halogens is 1. The van der Waals surface area contributed by atoms with Crippen molar-refractivity contribution in [3.63, 3.8) is 0 Å². The van der Waals surface area contributed by atoms with Gasteiger partial charge in [-0.1, -0.05) is 0 Å². The molecule has 2 rings (SSSR count). The smallest absolute Gasteiger partial charge is 0.0985 e. The first-order valence-corrected chi connectivity index (χ1v) is 6.20. The largest absolute Gasteiger partial charge is 0.393 e. The minimum absolute atomic E-state index is 0.121. The number of piperidine rings is 1. The molecule has 0 bridgehead atoms. The zero-order valence-corrected chi connectivity index (χ0v) is 9.58. The van der Waals surface area contributed by atoms with E-state index in [0.29, 0.717) is 6.42 Å². The summed E-state index contributed by atoms with van der Waals surface area (Å²) in [5.41, 5.74) is 0.243. The second-order valence-corrected chi connectivity index (χ2v) is 5.28. The Morgan fingerprint density at radius 2 is 2.27 bits per heavy atom. The highest BCUT2D eigenvalue weighted by Crippen LogP contribution is 2.44. The van der Waals surface area contributed by atoms with Crippen molar-refractivity contribution in [2.24, 2.45) is 0 Å². The Balaban J connectivity index is 1.91. The molecule has 1 N–H and O–H groups in total. The van der Waals surface area contributed by atoms with Crippen molar-refractivity contribution in [3.05, 3.63) is 0 Å². The maximum absolute atomic E-state index is 12.8. The molecule has 1 aliphatic heterocycles. The molecule has 1 saturated heterocycles. The lowest BCUT2D eigenvalue weighted by molar-refractivity contribution is -0.0674. The Bertz CT molecular complexity index is 216. The molecule has 2 aliphatic rings. The molecule has 0 aromatic heterocycles. The van der Waals surface area contributed by atoms with Crippen molar-refractivity contribution in [1.29, 1.82) is 0 Å². The average molecular weight is 215 g/mol. The minimum Gasteiger partial charge on any atom is -0.393 e. The average Bonchev–Trinajstić information content (AvgIpc) is 2.13. The molecular formula is C12H22FNO. The van der Waals surface area contributed by atoms with Crippen LogP contribution in [0, 0.1) is 0 Å². The summed E-state index contributed by atoms with van der Waals surface area (Å²) >= 11 is 0. The van der Waals surface area contributed by atoms with Gasteiger partial charge >= 0.3 is 0 Å². The molecule has 2 atom stereocenters. The second kappa shape index (κ2) is 4.38. The van der Waals surface area contributed by atoms with Crippen molar-refractivity contribution in [1.82, 2.24) is 4.90 Å². The first-order valence-electron chi connectivity index (χ1n) is 6.20. The van der Waals surface area contributed by atoms with Crippen LogP contribution < -0.4 is 0 Å². The van der Waals surface area contributed by atoms with Crippen LogP contribution in [0.2, 0.25) is 0 Å². The number of aliphatic hydroxyl groups excluding tert-OH is 1. The Morgan fingerprint density at radius 1 is 1.53 bits per heavy atom. The highest BCUT2D eigenvalue weighted by molar-refractivity contribution is 5.02. The summed E-state index contributed by atoms with van der Waals surface area (Å²) in [5, 5.41) is 9.70. The first kappa shape index (κ1) is 11.3. The Labute approximate surface area is 91.5 Å². The maximum atomic E-state index is 12.8. The van der Waals surface area contributed by atoms with Gasteiger partial charge in [-0.05, 0) is 45.4 Å². The van der Waals surface area contributed by atoms with Gasteiger partial charge in [0.25, 0.3) is 0 Å². The molecule has 2 nitrogen and oxygen atoms in total. The van der Waals surface area contributed by atoms with Crippen LogP contribution in [-0.4, -0.2) is 40.9 Å². The van der Waals surface area contributed by atoms with E-state index >= 15 is 0 Å². The van der Waals surface area contributed by atoms with Crippen molar-refractivity contribution in [3.8, 4) is 0 Å². The van der Waals surface area contributed by atoms with E-state index in [2.05, 4.69) is 4.90 Å². The molecule has 88 valence electrons. The molecule has 1 aliphatic carbocycles. The molecular weight excluding hydrogens is 193 g/mol. The second-order valence-electron chi connectivity index (χ2n) is 5.28. The van der Waals surface area contributed by atoms with Crippen LogP contribution in [0.5, 0.6) is 0 Å². The van der Waals surface area contributed by atoms with Crippen LogP contribution in [0.4, 0.5) is 4.39 Å². The van der Waals surface area contributed by atoms with Gasteiger partial charge in [-0.2, -0.15) is 0 Å². The van der Waals surface area contributed by atoms with E-state index in [4.69, 9.17) is 0 Å². The van der Waals surface area contributed by atoms with Gasteiger partial charge in [0.05, 0.1) is 12.3 Å². The number of likely N-dealkylation sites (tertiary alicyclic amines) is 1. The van der Waals surface area contributed by atoms with E-state index in [1.807, 2.05) is 0 Å². The van der Waals surface area contributed by atoms with Gasteiger partial charge in [0.1, 0.15) is 0 Å². The molecule has 0 aromatic carbocycles. The number of hydrogen-bond donors (Lipinski definition) is 1. The summed E-state index contributed by atoms with van der Waals surface area (Å²) < 4.78 is 12.8. The van der Waals surface area contributed by atoms with Gasteiger partial charge in [-0.3, -0.25) is 4.90 Å². The summed E-state index contributed by atoms with van der Waals surface area (Å²) in [6, 6.07) is 0. The molecule has 1 heterocycles. The van der Waals surface area contributed by atoms with E-state index in [0.717, 1.165) is 25.9 Å². The highest BCUT2D eigenvalue weighted by Gasteiger charge is 2.45. The fraction of sp³-hybridized carbons (Fsp3) is 1.00. The summed E-state index contributed by atoms with van der Waals surface area (Å²) in [7, 11) is 0. The van der Waals surface area contributed by atoms with Crippen LogP contribution in [0.25, 0.3) is 0 Å². The predicted octanol–water partition coefficient (Wildman–Crippen LogP) is 2.11. The third-order valence-corrected chi connectivity index (χ3v) is 4.10. The molecule has 0 radical (unpaired) electrons. The molecule has 0 aromatic rings. The SMILES string of the molecule is C[C@H](F)CCN1CC[C@@H](O)CC12CCC2. The lowest BCUT2D eigenvalue weighted by atomic mass is 9.69. The molecule has 1 spiro atoms. The summed E-state index contributed by atoms with van der Waals surface area (Å²) in [5.74, 6) is 0. The predicted molar refractivity (Wildman–Crippen MR) is 58.6 cm³/mol. The Morgan fingerprint density at radius 3 is 2.80 bits per heavy atom. The van der Waals surface area contributed by atoms with Crippen molar-refractivity contribution in [2.75, 3.05) is 13.1 Å². The first-order chi connectivity index (χ1) is 7.12. The zero-order valence-electron chi connectivity index (χ0n) is 9.58. The van der Waals surface area contributed by atoms with Crippen molar-refractivity contribution in [2.45, 2.75) is 63.3 Å². The fourth-order valence-electron chi connectivity index (χ4n) is 3.00. The normalized spacial score (nSPS) is 32.6. The van der Waals surface area contributed by atoms with E-state index < -0.39 is 6.17 Å². The van der Waals surface area contributed by atoms with Crippen LogP contribution in [0.1, 0.15) is 45.4 Å². The van der Waals surface area contributed by atoms with Crippen LogP contribution >= 0.6 is 0 Å². The number of nitrogens with zero attached hydrogens (tertiary/aromatic N) is 1. The third kappa shape index (κ3) is 2.34. The summed E-state index contributed by atoms with van der Waals surface area (Å²) in [4.78, 5) is 2.43. The van der Waals surface area contributed by atoms with Gasteiger partial charge in [-0.15, -0.1) is 0 Å². The van der Waals surface area contributed by atoms with E-state index in [1.54, 1.807) is 6.92 Å². The van der Waals surface area contributed by atoms with Crippen molar-refractivity contribution >= 4 is 0 Å². The molecule has 0 amide bonds. The fourth-order valence-corrected chi connectivity index (χ4v) is 3.00. The van der Waals surface area contributed by atoms with Crippen LogP contribution in [0.15, 0.2) is 0 Å². The van der Waals surface area contributed by atoms with E-state index in [9.17, 15) is 9.50 Å². The quantitative estimate of drug-likeness (QED) is 0.779. The van der Waals surface area contributed by atoms with Gasteiger partial charge in [0, 0.05) is 18.6 Å². The van der Waals surface area contributed by atoms with Gasteiger partial charge in [0.15, 0.2) is 0 Å². The topological polar surface area (TPSA) is 23.5 Å². The molecule has 2 fully saturated rings. The van der Waals surface area contributed by atoms with Crippen molar-refractivity contribution < 1.29 is 9.50 Å². The third-order valence-electron chi connectivity index (χ3n) is 4.10. The number of aliphatic hydroxyl groups is 1. The van der Waals surface area contributed by atoms with E-state index in [-0.39, 0.29) is 11.6 Å². The Hall–Kier alpha value is -0.150. The van der Waals surface area contributed by atoms with E-state index in [1.165, 1.54) is 19.3 Å². The molecule has 0 unspecified atom stereocenters. The number of rotatable bonds is 3. The summed E-state index contributed by atoms with van der Waals surface area (Å²) in [6.45, 7) is 3.45.